The number of hydrogen-bond donors (Lipinski definition) is 0. The van der Waals surface area contributed by atoms with Gasteiger partial charge in [-0.1, -0.05) is 17.7 Å². The Kier molecular flexibility index (Phi) is 3.21. The number of aromatic nitrogens is 1. The lowest BCUT2D eigenvalue weighted by Crippen LogP contribution is -2.16. The van der Waals surface area contributed by atoms with Crippen LogP contribution in [0.1, 0.15) is 5.56 Å². The van der Waals surface area contributed by atoms with Crippen molar-refractivity contribution in [2.45, 2.75) is 5.75 Å². The van der Waals surface area contributed by atoms with E-state index in [1.54, 1.807) is 29.8 Å². The number of benzene rings is 1. The zero-order valence-electron chi connectivity index (χ0n) is 9.97. The van der Waals surface area contributed by atoms with Gasteiger partial charge in [-0.2, -0.15) is 0 Å². The molecule has 6 heteroatoms. The minimum absolute atomic E-state index is 0.259. The van der Waals surface area contributed by atoms with Crippen molar-refractivity contribution in [3.05, 3.63) is 45.2 Å². The third kappa shape index (κ3) is 2.42. The summed E-state index contributed by atoms with van der Waals surface area (Å²) < 4.78 is 24.3. The number of sulfone groups is 1. The van der Waals surface area contributed by atoms with Crippen LogP contribution in [0, 0.1) is 0 Å². The molecule has 2 aromatic rings. The fourth-order valence-corrected chi connectivity index (χ4v) is 3.05. The fraction of sp³-hybridized carbons (Fsp3) is 0.250. The molecule has 0 aliphatic carbocycles. The van der Waals surface area contributed by atoms with Gasteiger partial charge in [0.2, 0.25) is 0 Å². The first kappa shape index (κ1) is 13.1. The molecule has 0 amide bonds. The van der Waals surface area contributed by atoms with Gasteiger partial charge < -0.3 is 4.57 Å². The Labute approximate surface area is 110 Å². The van der Waals surface area contributed by atoms with E-state index in [-0.39, 0.29) is 16.7 Å². The quantitative estimate of drug-likeness (QED) is 0.844. The Bertz CT molecular complexity index is 778. The van der Waals surface area contributed by atoms with Crippen molar-refractivity contribution in [1.29, 1.82) is 0 Å². The predicted molar refractivity (Wildman–Crippen MR) is 72.7 cm³/mol. The second-order valence-corrected chi connectivity index (χ2v) is 6.85. The molecule has 0 spiro atoms. The zero-order chi connectivity index (χ0) is 13.5. The molecule has 0 aliphatic heterocycles. The summed E-state index contributed by atoms with van der Waals surface area (Å²) in [6.07, 6.45) is 2.63. The Morgan fingerprint density at radius 2 is 2.00 bits per heavy atom. The highest BCUT2D eigenvalue weighted by molar-refractivity contribution is 7.89. The number of aryl methyl sites for hydroxylation is 1. The van der Waals surface area contributed by atoms with Crippen LogP contribution < -0.4 is 5.43 Å². The summed E-state index contributed by atoms with van der Waals surface area (Å²) in [5.74, 6) is -0.262. The summed E-state index contributed by atoms with van der Waals surface area (Å²) >= 11 is 6.04. The maximum atomic E-state index is 12.2. The molecule has 0 unspecified atom stereocenters. The topological polar surface area (TPSA) is 56.1 Å². The number of para-hydroxylation sites is 1. The van der Waals surface area contributed by atoms with Crippen molar-refractivity contribution >= 4 is 32.3 Å². The minimum atomic E-state index is -3.24. The van der Waals surface area contributed by atoms with E-state index in [9.17, 15) is 13.2 Å². The predicted octanol–water partition coefficient (Wildman–Crippen LogP) is 1.74. The van der Waals surface area contributed by atoms with E-state index in [0.29, 0.717) is 15.9 Å². The Hall–Kier alpha value is -1.33. The van der Waals surface area contributed by atoms with Crippen LogP contribution in [0.3, 0.4) is 0 Å². The number of halogens is 1. The molecule has 0 radical (unpaired) electrons. The first-order valence-corrected chi connectivity index (χ1v) is 7.68. The summed E-state index contributed by atoms with van der Waals surface area (Å²) in [6, 6.07) is 5.02. The van der Waals surface area contributed by atoms with E-state index < -0.39 is 9.84 Å². The Morgan fingerprint density at radius 1 is 1.33 bits per heavy atom. The zero-order valence-corrected chi connectivity index (χ0v) is 11.5. The lowest BCUT2D eigenvalue weighted by atomic mass is 10.1. The second-order valence-electron chi connectivity index (χ2n) is 4.30. The van der Waals surface area contributed by atoms with Gasteiger partial charge >= 0.3 is 0 Å². The number of pyridine rings is 1. The van der Waals surface area contributed by atoms with Crippen molar-refractivity contribution in [3.8, 4) is 0 Å². The third-order valence-electron chi connectivity index (χ3n) is 2.64. The number of fused-ring (bicyclic) bond motifs is 1. The first-order valence-electron chi connectivity index (χ1n) is 5.24. The molecule has 0 fully saturated rings. The lowest BCUT2D eigenvalue weighted by Gasteiger charge is -2.09. The van der Waals surface area contributed by atoms with Gasteiger partial charge in [0.05, 0.1) is 16.3 Å². The van der Waals surface area contributed by atoms with E-state index in [0.717, 1.165) is 6.26 Å². The summed E-state index contributed by atoms with van der Waals surface area (Å²) in [6.45, 7) is 0. The maximum absolute atomic E-state index is 12.2. The molecule has 1 aromatic carbocycles. The number of nitrogens with zero attached hydrogens (tertiary/aromatic N) is 1. The van der Waals surface area contributed by atoms with E-state index in [2.05, 4.69) is 0 Å². The van der Waals surface area contributed by atoms with Gasteiger partial charge in [-0.25, -0.2) is 8.42 Å². The second kappa shape index (κ2) is 4.40. The minimum Gasteiger partial charge on any atom is -0.349 e. The molecule has 0 bridgehead atoms. The molecule has 18 heavy (non-hydrogen) atoms. The first-order chi connectivity index (χ1) is 8.29. The summed E-state index contributed by atoms with van der Waals surface area (Å²) in [5, 5.41) is 0.907. The van der Waals surface area contributed by atoms with Crippen molar-refractivity contribution in [1.82, 2.24) is 4.57 Å². The van der Waals surface area contributed by atoms with E-state index in [1.165, 1.54) is 6.20 Å². The average Bonchev–Trinajstić information content (AvgIpc) is 2.23. The van der Waals surface area contributed by atoms with Gasteiger partial charge in [-0.15, -0.1) is 0 Å². The molecule has 4 nitrogen and oxygen atoms in total. The van der Waals surface area contributed by atoms with Crippen LogP contribution >= 0.6 is 11.6 Å². The molecule has 2 rings (SSSR count). The van der Waals surface area contributed by atoms with Crippen LogP contribution in [0.2, 0.25) is 5.02 Å². The summed E-state index contributed by atoms with van der Waals surface area (Å²) in [5.41, 5.74) is 0.590. The number of rotatable bonds is 2. The fourth-order valence-electron chi connectivity index (χ4n) is 1.97. The van der Waals surface area contributed by atoms with Gasteiger partial charge in [0.15, 0.2) is 15.3 Å². The normalized spacial score (nSPS) is 11.9. The van der Waals surface area contributed by atoms with E-state index in [1.807, 2.05) is 0 Å². The monoisotopic (exact) mass is 285 g/mol. The molecule has 0 saturated carbocycles. The van der Waals surface area contributed by atoms with Gasteiger partial charge in [-0.3, -0.25) is 4.79 Å². The molecule has 96 valence electrons. The summed E-state index contributed by atoms with van der Waals surface area (Å²) in [4.78, 5) is 12.2. The van der Waals surface area contributed by atoms with E-state index in [4.69, 9.17) is 11.6 Å². The van der Waals surface area contributed by atoms with Crippen molar-refractivity contribution < 1.29 is 8.42 Å². The maximum Gasteiger partial charge on any atom is 0.193 e. The SMILES string of the molecule is Cn1cc(CS(C)(=O)=O)c(=O)c2cccc(Cl)c21. The highest BCUT2D eigenvalue weighted by atomic mass is 35.5. The Morgan fingerprint density at radius 3 is 2.61 bits per heavy atom. The van der Waals surface area contributed by atoms with Gasteiger partial charge in [0.25, 0.3) is 0 Å². The van der Waals surface area contributed by atoms with Crippen LogP contribution in [0.5, 0.6) is 0 Å². The van der Waals surface area contributed by atoms with Crippen LogP contribution in [-0.2, 0) is 22.6 Å². The van der Waals surface area contributed by atoms with Crippen LogP contribution in [0.25, 0.3) is 10.9 Å². The van der Waals surface area contributed by atoms with E-state index >= 15 is 0 Å². The molecule has 1 heterocycles. The van der Waals surface area contributed by atoms with Crippen LogP contribution in [-0.4, -0.2) is 19.2 Å². The third-order valence-corrected chi connectivity index (χ3v) is 3.78. The highest BCUT2D eigenvalue weighted by Gasteiger charge is 2.13. The average molecular weight is 286 g/mol. The summed E-state index contributed by atoms with van der Waals surface area (Å²) in [7, 11) is -1.51. The molecule has 0 atom stereocenters. The van der Waals surface area contributed by atoms with Gasteiger partial charge in [-0.05, 0) is 12.1 Å². The van der Waals surface area contributed by atoms with Gasteiger partial charge in [0, 0.05) is 30.4 Å². The molecular weight excluding hydrogens is 274 g/mol. The highest BCUT2D eigenvalue weighted by Crippen LogP contribution is 2.21. The number of hydrogen-bond acceptors (Lipinski definition) is 3. The molecule has 0 saturated heterocycles. The molecule has 0 aliphatic rings. The van der Waals surface area contributed by atoms with Crippen LogP contribution in [0.15, 0.2) is 29.2 Å². The molecule has 1 aromatic heterocycles. The van der Waals surface area contributed by atoms with Crippen LogP contribution in [0.4, 0.5) is 0 Å². The molecular formula is C12H12ClNO3S. The van der Waals surface area contributed by atoms with Crippen molar-refractivity contribution in [2.24, 2.45) is 7.05 Å². The Balaban J connectivity index is 2.82. The van der Waals surface area contributed by atoms with Crippen molar-refractivity contribution in [3.63, 3.8) is 0 Å². The molecule has 0 N–H and O–H groups in total. The van der Waals surface area contributed by atoms with Crippen molar-refractivity contribution in [2.75, 3.05) is 6.26 Å². The smallest absolute Gasteiger partial charge is 0.193 e. The largest absolute Gasteiger partial charge is 0.349 e. The van der Waals surface area contributed by atoms with Gasteiger partial charge in [0.1, 0.15) is 0 Å². The lowest BCUT2D eigenvalue weighted by molar-refractivity contribution is 0.601. The standard InChI is InChI=1S/C12H12ClNO3S/c1-14-6-8(7-18(2,16)17)12(15)9-4-3-5-10(13)11(9)14/h3-6H,7H2,1-2H3.